The Hall–Kier alpha value is -1.85. The van der Waals surface area contributed by atoms with Gasteiger partial charge >= 0.3 is 0 Å². The second-order valence-electron chi connectivity index (χ2n) is 5.81. The van der Waals surface area contributed by atoms with Crippen molar-refractivity contribution >= 4 is 11.8 Å². The highest BCUT2D eigenvalue weighted by molar-refractivity contribution is 5.90. The lowest BCUT2D eigenvalue weighted by Gasteiger charge is -2.16. The maximum atomic E-state index is 12.0. The number of oxazole rings is 1. The summed E-state index contributed by atoms with van der Waals surface area (Å²) in [6.07, 6.45) is 4.08. The normalized spacial score (nSPS) is 21.3. The third-order valence-electron chi connectivity index (χ3n) is 3.56. The summed E-state index contributed by atoms with van der Waals surface area (Å²) in [7, 11) is 0. The van der Waals surface area contributed by atoms with Crippen molar-refractivity contribution in [3.63, 3.8) is 0 Å². The van der Waals surface area contributed by atoms with Crippen LogP contribution in [0.25, 0.3) is 0 Å². The number of carbonyl (C=O) groups excluding carboxylic acids is 2. The second-order valence-corrected chi connectivity index (χ2v) is 5.81. The quantitative estimate of drug-likeness (QED) is 0.855. The Morgan fingerprint density at radius 1 is 1.58 bits per heavy atom. The van der Waals surface area contributed by atoms with Crippen LogP contribution in [0.4, 0.5) is 0 Å². The lowest BCUT2D eigenvalue weighted by molar-refractivity contribution is -0.125. The van der Waals surface area contributed by atoms with E-state index in [0.717, 1.165) is 19.3 Å². The van der Waals surface area contributed by atoms with Crippen molar-refractivity contribution in [3.05, 3.63) is 17.8 Å². The molecule has 0 bridgehead atoms. The number of nitrogens with two attached hydrogens (primary N) is 1. The van der Waals surface area contributed by atoms with Gasteiger partial charge in [0, 0.05) is 5.92 Å². The summed E-state index contributed by atoms with van der Waals surface area (Å²) < 4.78 is 5.05. The molecule has 1 aliphatic carbocycles. The van der Waals surface area contributed by atoms with Gasteiger partial charge in [-0.05, 0) is 24.7 Å². The molecule has 1 aliphatic rings. The van der Waals surface area contributed by atoms with Crippen molar-refractivity contribution < 1.29 is 14.0 Å². The number of nitrogens with one attached hydrogen (secondary N) is 1. The number of primary amides is 1. The van der Waals surface area contributed by atoms with Crippen LogP contribution < -0.4 is 11.1 Å². The van der Waals surface area contributed by atoms with Gasteiger partial charge in [0.05, 0.1) is 6.54 Å². The van der Waals surface area contributed by atoms with Gasteiger partial charge < -0.3 is 15.5 Å². The molecule has 0 radical (unpaired) electrons. The molecule has 1 unspecified atom stereocenters. The molecular weight excluding hydrogens is 246 g/mol. The highest BCUT2D eigenvalue weighted by atomic mass is 16.3. The van der Waals surface area contributed by atoms with E-state index in [-0.39, 0.29) is 29.5 Å². The number of hydrogen-bond acceptors (Lipinski definition) is 4. The zero-order chi connectivity index (χ0) is 14.0. The van der Waals surface area contributed by atoms with E-state index in [0.29, 0.717) is 5.89 Å². The fraction of sp³-hybridized carbons (Fsp3) is 0.615. The lowest BCUT2D eigenvalue weighted by Crippen LogP contribution is -2.29. The summed E-state index contributed by atoms with van der Waals surface area (Å²) in [5.74, 6) is -0.275. The lowest BCUT2D eigenvalue weighted by atomic mass is 9.90. The molecule has 6 heteroatoms. The van der Waals surface area contributed by atoms with Gasteiger partial charge in [-0.15, -0.1) is 0 Å². The fourth-order valence-corrected chi connectivity index (χ4v) is 2.47. The minimum absolute atomic E-state index is 0.0180. The van der Waals surface area contributed by atoms with Crippen molar-refractivity contribution in [1.29, 1.82) is 0 Å². The van der Waals surface area contributed by atoms with Crippen LogP contribution in [0.2, 0.25) is 0 Å². The van der Waals surface area contributed by atoms with Gasteiger partial charge in [0.15, 0.2) is 5.69 Å². The average Bonchev–Trinajstić information content (AvgIpc) is 2.92. The summed E-state index contributed by atoms with van der Waals surface area (Å²) >= 11 is 0. The predicted octanol–water partition coefficient (Wildman–Crippen LogP) is 1.22. The number of hydrogen-bond donors (Lipinski definition) is 2. The Balaban J connectivity index is 1.85. The van der Waals surface area contributed by atoms with E-state index >= 15 is 0 Å². The van der Waals surface area contributed by atoms with Crippen LogP contribution in [-0.4, -0.2) is 16.8 Å². The van der Waals surface area contributed by atoms with Crippen molar-refractivity contribution in [2.24, 2.45) is 17.1 Å². The first-order valence-corrected chi connectivity index (χ1v) is 6.39. The first kappa shape index (κ1) is 13.6. The Kier molecular flexibility index (Phi) is 3.59. The first-order chi connectivity index (χ1) is 8.87. The summed E-state index contributed by atoms with van der Waals surface area (Å²) in [6.45, 7) is 4.53. The van der Waals surface area contributed by atoms with Gasteiger partial charge in [-0.1, -0.05) is 13.8 Å². The molecule has 0 saturated heterocycles. The monoisotopic (exact) mass is 265 g/mol. The van der Waals surface area contributed by atoms with E-state index in [9.17, 15) is 9.59 Å². The summed E-state index contributed by atoms with van der Waals surface area (Å²) in [5.41, 5.74) is 5.38. The van der Waals surface area contributed by atoms with E-state index in [1.807, 2.05) is 0 Å². The number of rotatable bonds is 4. The van der Waals surface area contributed by atoms with Crippen LogP contribution in [-0.2, 0) is 11.3 Å². The minimum atomic E-state index is -0.640. The molecule has 0 aliphatic heterocycles. The van der Waals surface area contributed by atoms with Gasteiger partial charge in [0.2, 0.25) is 11.8 Å². The highest BCUT2D eigenvalue weighted by Crippen LogP contribution is 2.40. The fourth-order valence-electron chi connectivity index (χ4n) is 2.47. The molecule has 0 aromatic carbocycles. The average molecular weight is 265 g/mol. The largest absolute Gasteiger partial charge is 0.446 e. The topological polar surface area (TPSA) is 98.2 Å². The van der Waals surface area contributed by atoms with Gasteiger partial charge in [-0.25, -0.2) is 4.98 Å². The van der Waals surface area contributed by atoms with Crippen molar-refractivity contribution in [2.45, 2.75) is 39.7 Å². The second kappa shape index (κ2) is 5.03. The number of aromatic nitrogens is 1. The molecule has 1 aromatic rings. The molecule has 1 fully saturated rings. The van der Waals surface area contributed by atoms with Crippen LogP contribution in [0.1, 0.15) is 49.5 Å². The maximum Gasteiger partial charge on any atom is 0.270 e. The molecule has 1 atom stereocenters. The third kappa shape index (κ3) is 3.33. The van der Waals surface area contributed by atoms with Gasteiger partial charge in [0.25, 0.3) is 5.91 Å². The van der Waals surface area contributed by atoms with E-state index in [4.69, 9.17) is 10.2 Å². The van der Waals surface area contributed by atoms with E-state index in [1.54, 1.807) is 0 Å². The third-order valence-corrected chi connectivity index (χ3v) is 3.56. The molecular formula is C13H19N3O3. The van der Waals surface area contributed by atoms with Crippen molar-refractivity contribution in [2.75, 3.05) is 0 Å². The smallest absolute Gasteiger partial charge is 0.270 e. The van der Waals surface area contributed by atoms with Gasteiger partial charge in [-0.3, -0.25) is 9.59 Å². The summed E-state index contributed by atoms with van der Waals surface area (Å²) in [6, 6.07) is 0. The molecule has 6 nitrogen and oxygen atoms in total. The molecule has 0 spiro atoms. The zero-order valence-corrected chi connectivity index (χ0v) is 11.2. The van der Waals surface area contributed by atoms with E-state index in [2.05, 4.69) is 24.1 Å². The first-order valence-electron chi connectivity index (χ1n) is 6.39. The molecule has 2 rings (SSSR count). The molecule has 1 heterocycles. The number of nitrogens with zero attached hydrogens (tertiary/aromatic N) is 1. The van der Waals surface area contributed by atoms with Crippen LogP contribution in [0.5, 0.6) is 0 Å². The molecule has 2 amide bonds. The highest BCUT2D eigenvalue weighted by Gasteiger charge is 2.34. The molecule has 1 aromatic heterocycles. The summed E-state index contributed by atoms with van der Waals surface area (Å²) in [5, 5.41) is 2.78. The summed E-state index contributed by atoms with van der Waals surface area (Å²) in [4.78, 5) is 26.7. The standard InChI is InChI=1S/C13H19N3O3/c1-13(2)4-3-8(5-13)12(18)15-6-10-16-9(7-19-10)11(14)17/h7-8H,3-6H2,1-2H3,(H2,14,17)(H,15,18). The Morgan fingerprint density at radius 2 is 2.32 bits per heavy atom. The van der Waals surface area contributed by atoms with Crippen LogP contribution in [0.15, 0.2) is 10.7 Å². The Morgan fingerprint density at radius 3 is 2.84 bits per heavy atom. The van der Waals surface area contributed by atoms with Gasteiger partial charge in [-0.2, -0.15) is 0 Å². The van der Waals surface area contributed by atoms with E-state index in [1.165, 1.54) is 6.26 Å². The Labute approximate surface area is 111 Å². The van der Waals surface area contributed by atoms with Gasteiger partial charge in [0.1, 0.15) is 6.26 Å². The SMILES string of the molecule is CC1(C)CCC(C(=O)NCc2nc(C(N)=O)co2)C1. The van der Waals surface area contributed by atoms with E-state index < -0.39 is 5.91 Å². The van der Waals surface area contributed by atoms with Crippen LogP contribution in [0.3, 0.4) is 0 Å². The van der Waals surface area contributed by atoms with Crippen LogP contribution in [0, 0.1) is 11.3 Å². The minimum Gasteiger partial charge on any atom is -0.446 e. The number of amides is 2. The zero-order valence-electron chi connectivity index (χ0n) is 11.2. The molecule has 1 saturated carbocycles. The Bertz CT molecular complexity index is 493. The molecule has 3 N–H and O–H groups in total. The van der Waals surface area contributed by atoms with Crippen molar-refractivity contribution in [1.82, 2.24) is 10.3 Å². The maximum absolute atomic E-state index is 12.0. The van der Waals surface area contributed by atoms with Crippen LogP contribution >= 0.6 is 0 Å². The predicted molar refractivity (Wildman–Crippen MR) is 68.0 cm³/mol. The molecule has 19 heavy (non-hydrogen) atoms. The number of carbonyl (C=O) groups is 2. The van der Waals surface area contributed by atoms with Crippen molar-refractivity contribution in [3.8, 4) is 0 Å². The molecule has 104 valence electrons.